The van der Waals surface area contributed by atoms with Gasteiger partial charge in [0.2, 0.25) is 0 Å². The third-order valence-electron chi connectivity index (χ3n) is 3.18. The lowest BCUT2D eigenvalue weighted by molar-refractivity contribution is 0.555. The molecule has 0 saturated carbocycles. The standard InChI is InChI=1S/C15H16N4S/c1-10-8-17-15(18-9-10)12(16-2)7-14-19-11-5-3-4-6-13(11)20-14/h3-6,8-9,12,16H,7H2,1-2H3. The predicted molar refractivity (Wildman–Crippen MR) is 81.9 cm³/mol. The highest BCUT2D eigenvalue weighted by Crippen LogP contribution is 2.25. The van der Waals surface area contributed by atoms with Crippen LogP contribution in [0.3, 0.4) is 0 Å². The molecule has 4 nitrogen and oxygen atoms in total. The van der Waals surface area contributed by atoms with Crippen LogP contribution in [0.15, 0.2) is 36.7 Å². The highest BCUT2D eigenvalue weighted by Gasteiger charge is 2.15. The average molecular weight is 284 g/mol. The smallest absolute Gasteiger partial charge is 0.145 e. The highest BCUT2D eigenvalue weighted by atomic mass is 32.1. The van der Waals surface area contributed by atoms with Gasteiger partial charge in [-0.25, -0.2) is 15.0 Å². The van der Waals surface area contributed by atoms with E-state index in [1.807, 2.05) is 44.6 Å². The third-order valence-corrected chi connectivity index (χ3v) is 4.24. The Labute approximate surface area is 121 Å². The van der Waals surface area contributed by atoms with Gasteiger partial charge in [-0.3, -0.25) is 0 Å². The zero-order valence-electron chi connectivity index (χ0n) is 11.5. The number of nitrogens with one attached hydrogen (secondary N) is 1. The van der Waals surface area contributed by atoms with Gasteiger partial charge in [0.15, 0.2) is 0 Å². The van der Waals surface area contributed by atoms with Crippen molar-refractivity contribution in [3.05, 3.63) is 53.1 Å². The summed E-state index contributed by atoms with van der Waals surface area (Å²) >= 11 is 1.73. The van der Waals surface area contributed by atoms with Crippen LogP contribution in [0.2, 0.25) is 0 Å². The van der Waals surface area contributed by atoms with Crippen molar-refractivity contribution in [2.75, 3.05) is 7.05 Å². The molecule has 0 spiro atoms. The fraction of sp³-hybridized carbons (Fsp3) is 0.267. The fourth-order valence-electron chi connectivity index (χ4n) is 2.09. The second kappa shape index (κ2) is 5.64. The Morgan fingerprint density at radius 2 is 1.95 bits per heavy atom. The second-order valence-corrected chi connectivity index (χ2v) is 5.85. The van der Waals surface area contributed by atoms with Gasteiger partial charge in [-0.15, -0.1) is 11.3 Å². The van der Waals surface area contributed by atoms with Crippen LogP contribution < -0.4 is 5.32 Å². The topological polar surface area (TPSA) is 50.7 Å². The van der Waals surface area contributed by atoms with Crippen molar-refractivity contribution < 1.29 is 0 Å². The molecule has 1 atom stereocenters. The van der Waals surface area contributed by atoms with Gasteiger partial charge in [0.05, 0.1) is 21.3 Å². The summed E-state index contributed by atoms with van der Waals surface area (Å²) in [5.41, 5.74) is 2.13. The minimum Gasteiger partial charge on any atom is -0.310 e. The van der Waals surface area contributed by atoms with Crippen molar-refractivity contribution in [1.82, 2.24) is 20.3 Å². The van der Waals surface area contributed by atoms with Crippen LogP contribution >= 0.6 is 11.3 Å². The maximum atomic E-state index is 4.67. The summed E-state index contributed by atoms with van der Waals surface area (Å²) in [5.74, 6) is 0.817. The maximum absolute atomic E-state index is 4.67. The molecule has 0 aliphatic rings. The number of para-hydroxylation sites is 1. The third kappa shape index (κ3) is 2.69. The van der Waals surface area contributed by atoms with Crippen LogP contribution in [-0.4, -0.2) is 22.0 Å². The van der Waals surface area contributed by atoms with Crippen LogP contribution in [0.25, 0.3) is 10.2 Å². The predicted octanol–water partition coefficient (Wildman–Crippen LogP) is 2.90. The molecule has 0 aliphatic carbocycles. The van der Waals surface area contributed by atoms with E-state index < -0.39 is 0 Å². The molecule has 0 bridgehead atoms. The molecule has 0 amide bonds. The first-order valence-corrected chi connectivity index (χ1v) is 7.38. The molecule has 1 N–H and O–H groups in total. The van der Waals surface area contributed by atoms with Crippen molar-refractivity contribution >= 4 is 21.6 Å². The summed E-state index contributed by atoms with van der Waals surface area (Å²) < 4.78 is 1.22. The Balaban J connectivity index is 1.85. The van der Waals surface area contributed by atoms with Crippen LogP contribution in [0, 0.1) is 6.92 Å². The first kappa shape index (κ1) is 13.1. The fourth-order valence-corrected chi connectivity index (χ4v) is 3.10. The van der Waals surface area contributed by atoms with Gasteiger partial charge in [-0.1, -0.05) is 12.1 Å². The number of thiazole rings is 1. The Kier molecular flexibility index (Phi) is 3.71. The van der Waals surface area contributed by atoms with Crippen molar-refractivity contribution in [3.63, 3.8) is 0 Å². The van der Waals surface area contributed by atoms with E-state index in [1.165, 1.54) is 4.70 Å². The van der Waals surface area contributed by atoms with Crippen LogP contribution in [0.5, 0.6) is 0 Å². The zero-order chi connectivity index (χ0) is 13.9. The van der Waals surface area contributed by atoms with Crippen LogP contribution in [-0.2, 0) is 6.42 Å². The van der Waals surface area contributed by atoms with E-state index in [2.05, 4.69) is 26.3 Å². The molecule has 3 aromatic rings. The molecule has 5 heteroatoms. The van der Waals surface area contributed by atoms with Crippen molar-refractivity contribution in [1.29, 1.82) is 0 Å². The van der Waals surface area contributed by atoms with E-state index in [0.29, 0.717) is 0 Å². The Bertz CT molecular complexity index is 672. The number of hydrogen-bond donors (Lipinski definition) is 1. The number of rotatable bonds is 4. The van der Waals surface area contributed by atoms with Crippen molar-refractivity contribution in [3.8, 4) is 0 Å². The SMILES string of the molecule is CNC(Cc1nc2ccccc2s1)c1ncc(C)cn1. The van der Waals surface area contributed by atoms with Gasteiger partial charge >= 0.3 is 0 Å². The summed E-state index contributed by atoms with van der Waals surface area (Å²) in [4.78, 5) is 13.5. The molecule has 0 saturated heterocycles. The minimum absolute atomic E-state index is 0.0937. The van der Waals surface area contributed by atoms with E-state index in [-0.39, 0.29) is 6.04 Å². The molecule has 1 unspecified atom stereocenters. The van der Waals surface area contributed by atoms with Crippen LogP contribution in [0.1, 0.15) is 22.4 Å². The highest BCUT2D eigenvalue weighted by molar-refractivity contribution is 7.18. The Morgan fingerprint density at radius 3 is 2.65 bits per heavy atom. The first-order chi connectivity index (χ1) is 9.76. The molecule has 0 radical (unpaired) electrons. The molecule has 0 aliphatic heterocycles. The normalized spacial score (nSPS) is 12.7. The molecule has 20 heavy (non-hydrogen) atoms. The number of benzene rings is 1. The van der Waals surface area contributed by atoms with E-state index in [4.69, 9.17) is 0 Å². The van der Waals surface area contributed by atoms with E-state index in [9.17, 15) is 0 Å². The number of hydrogen-bond acceptors (Lipinski definition) is 5. The summed E-state index contributed by atoms with van der Waals surface area (Å²) in [6.07, 6.45) is 4.51. The molecule has 2 aromatic heterocycles. The summed E-state index contributed by atoms with van der Waals surface area (Å²) in [6.45, 7) is 1.99. The Hall–Kier alpha value is -1.85. The maximum Gasteiger partial charge on any atom is 0.145 e. The van der Waals surface area contributed by atoms with Crippen molar-refractivity contribution in [2.45, 2.75) is 19.4 Å². The number of nitrogens with zero attached hydrogens (tertiary/aromatic N) is 3. The van der Waals surface area contributed by atoms with Gasteiger partial charge < -0.3 is 5.32 Å². The minimum atomic E-state index is 0.0937. The number of likely N-dealkylation sites (N-methyl/N-ethyl adjacent to an activating group) is 1. The monoisotopic (exact) mass is 284 g/mol. The summed E-state index contributed by atoms with van der Waals surface area (Å²) in [5, 5.41) is 4.38. The van der Waals surface area contributed by atoms with Crippen LogP contribution in [0.4, 0.5) is 0 Å². The van der Waals surface area contributed by atoms with E-state index in [1.54, 1.807) is 11.3 Å². The summed E-state index contributed by atoms with van der Waals surface area (Å²) in [7, 11) is 1.93. The lowest BCUT2D eigenvalue weighted by Crippen LogP contribution is -2.21. The van der Waals surface area contributed by atoms with Crippen molar-refractivity contribution in [2.24, 2.45) is 0 Å². The largest absolute Gasteiger partial charge is 0.310 e. The Morgan fingerprint density at radius 1 is 1.20 bits per heavy atom. The second-order valence-electron chi connectivity index (χ2n) is 4.74. The van der Waals surface area contributed by atoms with Gasteiger partial charge in [0.1, 0.15) is 5.82 Å². The average Bonchev–Trinajstić information content (AvgIpc) is 2.88. The molecule has 2 heterocycles. The number of fused-ring (bicyclic) bond motifs is 1. The lowest BCUT2D eigenvalue weighted by Gasteiger charge is -2.12. The van der Waals surface area contributed by atoms with Gasteiger partial charge in [-0.2, -0.15) is 0 Å². The first-order valence-electron chi connectivity index (χ1n) is 6.56. The molecular formula is C15H16N4S. The molecule has 3 rings (SSSR count). The zero-order valence-corrected chi connectivity index (χ0v) is 12.3. The number of aromatic nitrogens is 3. The van der Waals surface area contributed by atoms with Gasteiger partial charge in [-0.05, 0) is 31.7 Å². The lowest BCUT2D eigenvalue weighted by atomic mass is 10.2. The van der Waals surface area contributed by atoms with Gasteiger partial charge in [0, 0.05) is 18.8 Å². The molecule has 1 aromatic carbocycles. The van der Waals surface area contributed by atoms with E-state index in [0.717, 1.165) is 28.3 Å². The number of aryl methyl sites for hydroxylation is 1. The molecule has 102 valence electrons. The molecule has 0 fully saturated rings. The quantitative estimate of drug-likeness (QED) is 0.800. The van der Waals surface area contributed by atoms with E-state index >= 15 is 0 Å². The molecular weight excluding hydrogens is 268 g/mol. The van der Waals surface area contributed by atoms with Gasteiger partial charge in [0.25, 0.3) is 0 Å². The summed E-state index contributed by atoms with van der Waals surface area (Å²) in [6, 6.07) is 8.31.